The normalized spacial score (nSPS) is 11.4. The molecule has 1 aromatic heterocycles. The molecular weight excluding hydrogens is 612 g/mol. The highest BCUT2D eigenvalue weighted by Crippen LogP contribution is 2.40. The van der Waals surface area contributed by atoms with E-state index in [0.29, 0.717) is 10.8 Å². The number of anilines is 2. The summed E-state index contributed by atoms with van der Waals surface area (Å²) in [4.78, 5) is 20.4. The van der Waals surface area contributed by atoms with Crippen molar-refractivity contribution in [2.24, 2.45) is 0 Å². The molecule has 12 nitrogen and oxygen atoms in total. The van der Waals surface area contributed by atoms with E-state index in [0.717, 1.165) is 11.9 Å². The van der Waals surface area contributed by atoms with Gasteiger partial charge in [0.2, 0.25) is 5.75 Å². The number of aromatic nitrogens is 2. The van der Waals surface area contributed by atoms with Crippen LogP contribution in [0, 0.1) is 0 Å². The van der Waals surface area contributed by atoms with Crippen LogP contribution in [0.5, 0.6) is 23.1 Å². The Labute approximate surface area is 260 Å². The molecule has 0 aliphatic carbocycles. The lowest BCUT2D eigenvalue weighted by molar-refractivity contribution is 0.103. The maximum atomic E-state index is 13.4. The number of hydrogen-bond donors (Lipinski definition) is 2. The number of benzene rings is 3. The van der Waals surface area contributed by atoms with Crippen molar-refractivity contribution >= 4 is 39.2 Å². The van der Waals surface area contributed by atoms with Gasteiger partial charge in [0.05, 0.1) is 22.7 Å². The summed E-state index contributed by atoms with van der Waals surface area (Å²) in [6, 6.07) is 19.2. The summed E-state index contributed by atoms with van der Waals surface area (Å²) in [5, 5.41) is 10.6. The number of halogens is 1. The van der Waals surface area contributed by atoms with E-state index >= 15 is 0 Å². The van der Waals surface area contributed by atoms with E-state index in [4.69, 9.17) is 30.5 Å². The molecule has 1 amide bonds. The van der Waals surface area contributed by atoms with Crippen molar-refractivity contribution in [3.63, 3.8) is 0 Å². The van der Waals surface area contributed by atoms with Gasteiger partial charge in [0.25, 0.3) is 15.9 Å². The fourth-order valence-electron chi connectivity index (χ4n) is 3.75. The van der Waals surface area contributed by atoms with Crippen molar-refractivity contribution < 1.29 is 37.4 Å². The lowest BCUT2D eigenvalue weighted by atomic mass is 9.87. The number of nitrogens with zero attached hydrogens (tertiary/aromatic N) is 3. The summed E-state index contributed by atoms with van der Waals surface area (Å²) < 4.78 is 51.2. The molecule has 0 aliphatic heterocycles. The van der Waals surface area contributed by atoms with E-state index in [-0.39, 0.29) is 57.4 Å². The smallest absolute Gasteiger partial charge is 0.438 e. The van der Waals surface area contributed by atoms with Gasteiger partial charge in [-0.3, -0.25) is 9.93 Å². The first-order valence-electron chi connectivity index (χ1n) is 13.2. The fraction of sp³-hybridized carbons (Fsp3) is 0.233. The molecule has 0 unspecified atom stereocenters. The molecule has 0 fully saturated rings. The Balaban J connectivity index is 1.58. The van der Waals surface area contributed by atoms with E-state index in [2.05, 4.69) is 14.7 Å². The third-order valence-corrected chi connectivity index (χ3v) is 7.77. The van der Waals surface area contributed by atoms with Crippen molar-refractivity contribution in [3.05, 3.63) is 89.7 Å². The molecule has 0 saturated carbocycles. The number of hydroxylamine groups is 1. The molecule has 4 rings (SSSR count). The van der Waals surface area contributed by atoms with Gasteiger partial charge in [0, 0.05) is 6.07 Å². The number of hydrogen-bond acceptors (Lipinski definition) is 10. The second-order valence-corrected chi connectivity index (χ2v) is 12.3. The number of ether oxygens (including phenoxy) is 4. The zero-order valence-electron chi connectivity index (χ0n) is 24.4. The summed E-state index contributed by atoms with van der Waals surface area (Å²) >= 11 is 6.34. The topological polar surface area (TPSA) is 149 Å². The van der Waals surface area contributed by atoms with Crippen LogP contribution in [0.15, 0.2) is 84.0 Å². The highest BCUT2D eigenvalue weighted by atomic mass is 35.5. The third kappa shape index (κ3) is 8.07. The summed E-state index contributed by atoms with van der Waals surface area (Å²) in [7, 11) is -2.68. The van der Waals surface area contributed by atoms with Crippen molar-refractivity contribution in [2.45, 2.75) is 31.1 Å². The first kappa shape index (κ1) is 32.3. The van der Waals surface area contributed by atoms with E-state index in [9.17, 15) is 18.4 Å². The van der Waals surface area contributed by atoms with Crippen LogP contribution < -0.4 is 24.0 Å². The van der Waals surface area contributed by atoms with Crippen molar-refractivity contribution in [3.8, 4) is 23.1 Å². The van der Waals surface area contributed by atoms with E-state index in [1.165, 1.54) is 43.5 Å². The fourth-order valence-corrected chi connectivity index (χ4v) is 4.92. The SMILES string of the molecule is COc1ccc(Cl)c(Oc2c(NS(=O)(=O)c3ccc(C(C)(C)C)cc3)ncnc2OCCOC(=O)N(O)c2ccccc2)c1. The summed E-state index contributed by atoms with van der Waals surface area (Å²) in [6.45, 7) is 5.53. The number of carbonyl (C=O) groups excluding carboxylic acids is 1. The standard InChI is InChI=1S/C30H31ClN4O8S/c1-30(2,3)20-10-13-23(14-11-20)44(38,39)34-27-26(43-25-18-22(40-4)12-15-24(25)31)28(33-19-32-27)41-16-17-42-29(36)35(37)21-8-6-5-7-9-21/h5-15,18-19,37H,16-17H2,1-4H3,(H,32,33,34). The molecule has 14 heteroatoms. The van der Waals surface area contributed by atoms with Crippen LogP contribution in [0.1, 0.15) is 26.3 Å². The number of methoxy groups -OCH3 is 1. The van der Waals surface area contributed by atoms with Gasteiger partial charge in [-0.05, 0) is 47.4 Å². The molecule has 0 bridgehead atoms. The minimum atomic E-state index is -4.14. The Bertz CT molecular complexity index is 1700. The average Bonchev–Trinajstić information content (AvgIpc) is 3.01. The first-order valence-corrected chi connectivity index (χ1v) is 15.1. The third-order valence-electron chi connectivity index (χ3n) is 6.10. The monoisotopic (exact) mass is 642 g/mol. The maximum absolute atomic E-state index is 13.4. The Hall–Kier alpha value is -4.59. The summed E-state index contributed by atoms with van der Waals surface area (Å²) in [6.07, 6.45) is 0.0420. The molecular formula is C30H31ClN4O8S. The number of nitrogens with one attached hydrogen (secondary N) is 1. The van der Waals surface area contributed by atoms with Crippen molar-refractivity contribution in [1.29, 1.82) is 0 Å². The molecule has 0 atom stereocenters. The molecule has 2 N–H and O–H groups in total. The predicted molar refractivity (Wildman–Crippen MR) is 164 cm³/mol. The molecule has 0 spiro atoms. The van der Waals surface area contributed by atoms with Crippen molar-refractivity contribution in [1.82, 2.24) is 9.97 Å². The van der Waals surface area contributed by atoms with E-state index in [1.807, 2.05) is 20.8 Å². The molecule has 44 heavy (non-hydrogen) atoms. The largest absolute Gasteiger partial charge is 0.497 e. The van der Waals surface area contributed by atoms with Gasteiger partial charge in [-0.25, -0.2) is 18.2 Å². The van der Waals surface area contributed by atoms with Gasteiger partial charge in [-0.15, -0.1) is 0 Å². The number of rotatable bonds is 11. The van der Waals surface area contributed by atoms with Crippen LogP contribution in [0.3, 0.4) is 0 Å². The number of para-hydroxylation sites is 1. The molecule has 0 radical (unpaired) electrons. The summed E-state index contributed by atoms with van der Waals surface area (Å²) in [5.74, 6) is -0.109. The highest BCUT2D eigenvalue weighted by Gasteiger charge is 2.24. The lowest BCUT2D eigenvalue weighted by Gasteiger charge is -2.19. The molecule has 1 heterocycles. The molecule has 232 valence electrons. The first-order chi connectivity index (χ1) is 20.9. The minimum absolute atomic E-state index is 0.00386. The second-order valence-electron chi connectivity index (χ2n) is 10.2. The molecule has 0 aliphatic rings. The van der Waals surface area contributed by atoms with Crippen LogP contribution in [-0.4, -0.2) is 50.0 Å². The Morgan fingerprint density at radius 2 is 1.70 bits per heavy atom. The maximum Gasteiger partial charge on any atom is 0.438 e. The predicted octanol–water partition coefficient (Wildman–Crippen LogP) is 6.44. The second kappa shape index (κ2) is 13.8. The Kier molecular flexibility index (Phi) is 10.1. The quantitative estimate of drug-likeness (QED) is 0.106. The van der Waals surface area contributed by atoms with Gasteiger partial charge in [0.1, 0.15) is 31.0 Å². The molecule has 3 aromatic carbocycles. The zero-order valence-corrected chi connectivity index (χ0v) is 25.9. The molecule has 0 saturated heterocycles. The highest BCUT2D eigenvalue weighted by molar-refractivity contribution is 7.92. The van der Waals surface area contributed by atoms with Crippen LogP contribution in [0.2, 0.25) is 5.02 Å². The van der Waals surface area contributed by atoms with Gasteiger partial charge < -0.3 is 18.9 Å². The van der Waals surface area contributed by atoms with Crippen LogP contribution >= 0.6 is 11.6 Å². The van der Waals surface area contributed by atoms with Crippen LogP contribution in [0.4, 0.5) is 16.3 Å². The van der Waals surface area contributed by atoms with Crippen molar-refractivity contribution in [2.75, 3.05) is 30.1 Å². The lowest BCUT2D eigenvalue weighted by Crippen LogP contribution is -2.29. The Morgan fingerprint density at radius 3 is 2.36 bits per heavy atom. The van der Waals surface area contributed by atoms with Gasteiger partial charge in [-0.1, -0.05) is 62.7 Å². The van der Waals surface area contributed by atoms with E-state index < -0.39 is 16.1 Å². The zero-order chi connectivity index (χ0) is 31.9. The van der Waals surface area contributed by atoms with Crippen LogP contribution in [0.25, 0.3) is 0 Å². The van der Waals surface area contributed by atoms with Gasteiger partial charge >= 0.3 is 6.09 Å². The van der Waals surface area contributed by atoms with E-state index in [1.54, 1.807) is 36.4 Å². The number of carbonyl (C=O) groups is 1. The van der Waals surface area contributed by atoms with Gasteiger partial charge in [0.15, 0.2) is 5.82 Å². The van der Waals surface area contributed by atoms with Crippen LogP contribution in [-0.2, 0) is 20.2 Å². The molecule has 4 aromatic rings. The minimum Gasteiger partial charge on any atom is -0.497 e. The van der Waals surface area contributed by atoms with Gasteiger partial charge in [-0.2, -0.15) is 10.0 Å². The number of sulfonamides is 1. The Morgan fingerprint density at radius 1 is 1.00 bits per heavy atom. The average molecular weight is 643 g/mol. The number of amides is 1. The summed E-state index contributed by atoms with van der Waals surface area (Å²) in [5.41, 5.74) is 1.00.